The summed E-state index contributed by atoms with van der Waals surface area (Å²) in [6.07, 6.45) is 6.54. The lowest BCUT2D eigenvalue weighted by Crippen LogP contribution is -2.47. The van der Waals surface area contributed by atoms with Crippen LogP contribution in [0, 0.1) is 0 Å². The van der Waals surface area contributed by atoms with E-state index in [0.29, 0.717) is 22.7 Å². The molecular weight excluding hydrogens is 458 g/mol. The predicted molar refractivity (Wildman–Crippen MR) is 137 cm³/mol. The minimum absolute atomic E-state index is 0.0575. The van der Waals surface area contributed by atoms with E-state index in [1.54, 1.807) is 61.7 Å². The molecule has 1 heterocycles. The second-order valence-electron chi connectivity index (χ2n) is 8.90. The minimum atomic E-state index is -0.980. The van der Waals surface area contributed by atoms with Crippen molar-refractivity contribution in [3.63, 3.8) is 0 Å². The maximum absolute atomic E-state index is 13.9. The largest absolute Gasteiger partial charge is 0.497 e. The number of carbonyl (C=O) groups is 3. The van der Waals surface area contributed by atoms with Crippen LogP contribution in [0.1, 0.15) is 61.2 Å². The Hall–Kier alpha value is -4.07. The molecule has 1 saturated carbocycles. The number of benzene rings is 2. The first kappa shape index (κ1) is 25.0. The maximum atomic E-state index is 13.9. The topological polar surface area (TPSA) is 101 Å². The molecule has 1 aromatic heterocycles. The van der Waals surface area contributed by atoms with Gasteiger partial charge in [-0.05, 0) is 66.9 Å². The molecule has 8 heteroatoms. The highest BCUT2D eigenvalue weighted by Gasteiger charge is 2.35. The van der Waals surface area contributed by atoms with Gasteiger partial charge in [0.15, 0.2) is 5.76 Å². The molecule has 1 aliphatic rings. The zero-order chi connectivity index (χ0) is 25.5. The zero-order valence-electron chi connectivity index (χ0n) is 20.5. The van der Waals surface area contributed by atoms with Crippen LogP contribution >= 0.6 is 0 Å². The van der Waals surface area contributed by atoms with Crippen LogP contribution in [-0.2, 0) is 9.59 Å². The zero-order valence-corrected chi connectivity index (χ0v) is 20.5. The van der Waals surface area contributed by atoms with Crippen molar-refractivity contribution in [1.82, 2.24) is 5.32 Å². The SMILES string of the molecule is COc1cccc([C@@H](C(=O)NC2CCCCC2)N(C(=O)c2ccco2)c2ccc(NC(C)=O)cc2)c1. The lowest BCUT2D eigenvalue weighted by molar-refractivity contribution is -0.123. The van der Waals surface area contributed by atoms with E-state index in [0.717, 1.165) is 32.1 Å². The lowest BCUT2D eigenvalue weighted by atomic mass is 9.94. The van der Waals surface area contributed by atoms with E-state index in [1.807, 2.05) is 6.07 Å². The molecule has 1 fully saturated rings. The number of hydrogen-bond donors (Lipinski definition) is 2. The summed E-state index contributed by atoms with van der Waals surface area (Å²) in [6, 6.07) is 16.2. The van der Waals surface area contributed by atoms with Crippen molar-refractivity contribution in [2.24, 2.45) is 0 Å². The minimum Gasteiger partial charge on any atom is -0.497 e. The Kier molecular flexibility index (Phi) is 8.05. The summed E-state index contributed by atoms with van der Waals surface area (Å²) in [5, 5.41) is 5.91. The van der Waals surface area contributed by atoms with E-state index in [2.05, 4.69) is 10.6 Å². The molecule has 0 spiro atoms. The van der Waals surface area contributed by atoms with Gasteiger partial charge in [0.25, 0.3) is 5.91 Å². The summed E-state index contributed by atoms with van der Waals surface area (Å²) in [4.78, 5) is 40.6. The highest BCUT2D eigenvalue weighted by molar-refractivity contribution is 6.08. The Morgan fingerprint density at radius 1 is 1.00 bits per heavy atom. The van der Waals surface area contributed by atoms with Crippen molar-refractivity contribution in [3.05, 3.63) is 78.3 Å². The lowest BCUT2D eigenvalue weighted by Gasteiger charge is -2.33. The van der Waals surface area contributed by atoms with Gasteiger partial charge in [0.05, 0.1) is 13.4 Å². The standard InChI is InChI=1S/C28H31N3O5/c1-19(32)29-22-13-15-23(16-14-22)31(28(34)25-12-7-17-36-25)26(20-8-6-11-24(18-20)35-2)27(33)30-21-9-4-3-5-10-21/h6-8,11-18,21,26H,3-5,9-10H2,1-2H3,(H,29,32)(H,30,33)/t26-/m0/s1. The Labute approximate surface area is 210 Å². The Bertz CT molecular complexity index is 1180. The number of nitrogens with zero attached hydrogens (tertiary/aromatic N) is 1. The van der Waals surface area contributed by atoms with Gasteiger partial charge in [-0.15, -0.1) is 0 Å². The number of ether oxygens (including phenoxy) is 1. The Balaban J connectivity index is 1.79. The van der Waals surface area contributed by atoms with Crippen LogP contribution in [0.25, 0.3) is 0 Å². The van der Waals surface area contributed by atoms with Crippen LogP contribution in [0.5, 0.6) is 5.75 Å². The summed E-state index contributed by atoms with van der Waals surface area (Å²) < 4.78 is 10.8. The smallest absolute Gasteiger partial charge is 0.294 e. The third-order valence-electron chi connectivity index (χ3n) is 6.28. The molecule has 3 amide bonds. The summed E-state index contributed by atoms with van der Waals surface area (Å²) >= 11 is 0. The summed E-state index contributed by atoms with van der Waals surface area (Å²) in [6.45, 7) is 1.43. The molecular formula is C28H31N3O5. The second-order valence-corrected chi connectivity index (χ2v) is 8.90. The van der Waals surface area contributed by atoms with Crippen LogP contribution < -0.4 is 20.3 Å². The van der Waals surface area contributed by atoms with Crippen molar-refractivity contribution in [3.8, 4) is 5.75 Å². The van der Waals surface area contributed by atoms with Gasteiger partial charge in [-0.3, -0.25) is 19.3 Å². The number of hydrogen-bond acceptors (Lipinski definition) is 5. The molecule has 0 unspecified atom stereocenters. The fraction of sp³-hybridized carbons (Fsp3) is 0.321. The second kappa shape index (κ2) is 11.6. The predicted octanol–water partition coefficient (Wildman–Crippen LogP) is 5.08. The van der Waals surface area contributed by atoms with Gasteiger partial charge >= 0.3 is 0 Å². The molecule has 1 aliphatic carbocycles. The van der Waals surface area contributed by atoms with Gasteiger partial charge in [0, 0.05) is 24.3 Å². The first-order chi connectivity index (χ1) is 17.5. The molecule has 8 nitrogen and oxygen atoms in total. The molecule has 188 valence electrons. The molecule has 2 aromatic carbocycles. The van der Waals surface area contributed by atoms with E-state index in [4.69, 9.17) is 9.15 Å². The summed E-state index contributed by atoms with van der Waals surface area (Å²) in [7, 11) is 1.56. The van der Waals surface area contributed by atoms with Crippen molar-refractivity contribution < 1.29 is 23.5 Å². The third-order valence-corrected chi connectivity index (χ3v) is 6.28. The Morgan fingerprint density at radius 2 is 1.75 bits per heavy atom. The third kappa shape index (κ3) is 5.94. The van der Waals surface area contributed by atoms with Crippen LogP contribution in [-0.4, -0.2) is 30.9 Å². The van der Waals surface area contributed by atoms with Gasteiger partial charge in [0.2, 0.25) is 11.8 Å². The average Bonchev–Trinajstić information content (AvgIpc) is 3.43. The maximum Gasteiger partial charge on any atom is 0.294 e. The quantitative estimate of drug-likeness (QED) is 0.459. The highest BCUT2D eigenvalue weighted by Crippen LogP contribution is 2.33. The van der Waals surface area contributed by atoms with Crippen molar-refractivity contribution >= 4 is 29.1 Å². The molecule has 36 heavy (non-hydrogen) atoms. The number of methoxy groups -OCH3 is 1. The monoisotopic (exact) mass is 489 g/mol. The molecule has 0 saturated heterocycles. The van der Waals surface area contributed by atoms with Gasteiger partial charge in [0.1, 0.15) is 11.8 Å². The van der Waals surface area contributed by atoms with Gasteiger partial charge in [-0.25, -0.2) is 0 Å². The molecule has 0 bridgehead atoms. The molecule has 4 rings (SSSR count). The van der Waals surface area contributed by atoms with Crippen molar-refractivity contribution in [2.45, 2.75) is 51.1 Å². The molecule has 2 N–H and O–H groups in total. The average molecular weight is 490 g/mol. The van der Waals surface area contributed by atoms with Crippen molar-refractivity contribution in [2.75, 3.05) is 17.3 Å². The van der Waals surface area contributed by atoms with Gasteiger partial charge in [-0.1, -0.05) is 31.4 Å². The first-order valence-electron chi connectivity index (χ1n) is 12.2. The van der Waals surface area contributed by atoms with Gasteiger partial charge < -0.3 is 19.8 Å². The highest BCUT2D eigenvalue weighted by atomic mass is 16.5. The van der Waals surface area contributed by atoms with Crippen LogP contribution in [0.2, 0.25) is 0 Å². The van der Waals surface area contributed by atoms with Gasteiger partial charge in [-0.2, -0.15) is 0 Å². The molecule has 0 aliphatic heterocycles. The summed E-state index contributed by atoms with van der Waals surface area (Å²) in [5.41, 5.74) is 1.67. The van der Waals surface area contributed by atoms with E-state index in [9.17, 15) is 14.4 Å². The molecule has 3 aromatic rings. The fourth-order valence-corrected chi connectivity index (χ4v) is 4.57. The number of amides is 3. The number of carbonyl (C=O) groups excluding carboxylic acids is 3. The number of nitrogens with one attached hydrogen (secondary N) is 2. The van der Waals surface area contributed by atoms with Crippen molar-refractivity contribution in [1.29, 1.82) is 0 Å². The van der Waals surface area contributed by atoms with E-state index >= 15 is 0 Å². The molecule has 1 atom stereocenters. The van der Waals surface area contributed by atoms with E-state index in [1.165, 1.54) is 18.1 Å². The van der Waals surface area contributed by atoms with E-state index in [-0.39, 0.29) is 23.6 Å². The normalized spacial score (nSPS) is 14.5. The van der Waals surface area contributed by atoms with Crippen LogP contribution in [0.4, 0.5) is 11.4 Å². The number of rotatable bonds is 8. The number of anilines is 2. The number of furan rings is 1. The van der Waals surface area contributed by atoms with E-state index < -0.39 is 11.9 Å². The van der Waals surface area contributed by atoms with Crippen LogP contribution in [0.15, 0.2) is 71.3 Å². The fourth-order valence-electron chi connectivity index (χ4n) is 4.57. The first-order valence-corrected chi connectivity index (χ1v) is 12.2. The van der Waals surface area contributed by atoms with Crippen LogP contribution in [0.3, 0.4) is 0 Å². The molecule has 0 radical (unpaired) electrons. The Morgan fingerprint density at radius 3 is 2.39 bits per heavy atom. The summed E-state index contributed by atoms with van der Waals surface area (Å²) in [5.74, 6) is -0.249.